The van der Waals surface area contributed by atoms with Crippen LogP contribution in [0.3, 0.4) is 0 Å². The maximum atomic E-state index is 10.6. The van der Waals surface area contributed by atoms with Crippen molar-refractivity contribution in [3.8, 4) is 5.75 Å². The van der Waals surface area contributed by atoms with Gasteiger partial charge in [-0.25, -0.2) is 0 Å². The first-order valence-corrected chi connectivity index (χ1v) is 9.57. The summed E-state index contributed by atoms with van der Waals surface area (Å²) >= 11 is 0. The zero-order valence-electron chi connectivity index (χ0n) is 16.6. The van der Waals surface area contributed by atoms with Crippen LogP contribution in [-0.4, -0.2) is 49.3 Å². The van der Waals surface area contributed by atoms with Crippen molar-refractivity contribution < 1.29 is 24.9 Å². The fourth-order valence-electron chi connectivity index (χ4n) is 3.28. The van der Waals surface area contributed by atoms with Crippen LogP contribution in [0.5, 0.6) is 5.75 Å². The number of aromatic nitrogens is 2. The molecule has 0 bridgehead atoms. The smallest absolute Gasteiger partial charge is 0.320 e. The average Bonchev–Trinajstić information content (AvgIpc) is 3.32. The lowest BCUT2D eigenvalue weighted by Crippen LogP contribution is -2.32. The molecule has 0 aliphatic carbocycles. The summed E-state index contributed by atoms with van der Waals surface area (Å²) in [7, 11) is 0. The van der Waals surface area contributed by atoms with Crippen LogP contribution in [0.4, 0.5) is 0 Å². The van der Waals surface area contributed by atoms with Crippen LogP contribution in [-0.2, 0) is 22.4 Å². The highest BCUT2D eigenvalue weighted by Gasteiger charge is 2.15. The van der Waals surface area contributed by atoms with Gasteiger partial charge in [-0.2, -0.15) is 0 Å². The van der Waals surface area contributed by atoms with E-state index in [-0.39, 0.29) is 12.2 Å². The third-order valence-electron chi connectivity index (χ3n) is 4.94. The molecule has 2 aromatic carbocycles. The number of hydrogen-bond acceptors (Lipinski definition) is 5. The SMILES string of the molecule is N[C@@H](Cc1c[nH]c2ccc(O)cc12)C(=O)O.N[C@@H](Cc1c[nH]c2ccccc12)C(=O)O. The summed E-state index contributed by atoms with van der Waals surface area (Å²) in [5.41, 5.74) is 14.5. The van der Waals surface area contributed by atoms with Crippen LogP contribution in [0.1, 0.15) is 11.1 Å². The Kier molecular flexibility index (Phi) is 6.58. The van der Waals surface area contributed by atoms with Crippen molar-refractivity contribution in [1.29, 1.82) is 0 Å². The third kappa shape index (κ3) is 5.21. The van der Waals surface area contributed by atoms with E-state index >= 15 is 0 Å². The molecule has 0 saturated carbocycles. The van der Waals surface area contributed by atoms with Gasteiger partial charge in [0.2, 0.25) is 0 Å². The number of hydrogen-bond donors (Lipinski definition) is 7. The van der Waals surface area contributed by atoms with Gasteiger partial charge in [-0.05, 0) is 35.4 Å². The Labute approximate surface area is 177 Å². The first-order chi connectivity index (χ1) is 14.8. The number of phenolic OH excluding ortho intramolecular Hbond substituents is 1. The minimum Gasteiger partial charge on any atom is -0.508 e. The van der Waals surface area contributed by atoms with E-state index in [2.05, 4.69) is 9.97 Å². The normalized spacial score (nSPS) is 12.8. The largest absolute Gasteiger partial charge is 0.508 e. The lowest BCUT2D eigenvalue weighted by Gasteiger charge is -2.04. The fourth-order valence-corrected chi connectivity index (χ4v) is 3.28. The number of nitrogens with two attached hydrogens (primary N) is 2. The van der Waals surface area contributed by atoms with E-state index in [4.69, 9.17) is 21.7 Å². The Bertz CT molecular complexity index is 1210. The summed E-state index contributed by atoms with van der Waals surface area (Å²) in [6.45, 7) is 0. The molecule has 2 heterocycles. The van der Waals surface area contributed by atoms with E-state index < -0.39 is 24.0 Å². The number of benzene rings is 2. The number of nitrogens with one attached hydrogen (secondary N) is 2. The lowest BCUT2D eigenvalue weighted by atomic mass is 10.1. The molecule has 9 nitrogen and oxygen atoms in total. The zero-order chi connectivity index (χ0) is 22.5. The molecule has 0 aliphatic rings. The summed E-state index contributed by atoms with van der Waals surface area (Å²) in [5, 5.41) is 28.6. The van der Waals surface area contributed by atoms with Gasteiger partial charge in [0.15, 0.2) is 0 Å². The number of aromatic hydroxyl groups is 1. The maximum Gasteiger partial charge on any atom is 0.320 e. The monoisotopic (exact) mass is 424 g/mol. The van der Waals surface area contributed by atoms with Gasteiger partial charge in [-0.1, -0.05) is 18.2 Å². The number of rotatable bonds is 6. The summed E-state index contributed by atoms with van der Waals surface area (Å²) < 4.78 is 0. The van der Waals surface area contributed by atoms with Crippen LogP contribution in [0.2, 0.25) is 0 Å². The molecule has 0 saturated heterocycles. The van der Waals surface area contributed by atoms with Gasteiger partial charge in [0.1, 0.15) is 17.8 Å². The molecule has 0 spiro atoms. The van der Waals surface area contributed by atoms with Crippen LogP contribution >= 0.6 is 0 Å². The van der Waals surface area contributed by atoms with Crippen molar-refractivity contribution in [3.05, 3.63) is 66.0 Å². The van der Waals surface area contributed by atoms with E-state index in [0.717, 1.165) is 32.9 Å². The topological polar surface area (TPSA) is 178 Å². The van der Waals surface area contributed by atoms with Crippen LogP contribution in [0.15, 0.2) is 54.9 Å². The van der Waals surface area contributed by atoms with Crippen molar-refractivity contribution in [2.45, 2.75) is 24.9 Å². The Morgan fingerprint density at radius 3 is 1.90 bits per heavy atom. The molecule has 4 rings (SSSR count). The minimum atomic E-state index is -1.03. The molecule has 0 unspecified atom stereocenters. The molecule has 9 N–H and O–H groups in total. The first kappa shape index (κ1) is 21.9. The number of para-hydroxylation sites is 1. The van der Waals surface area contributed by atoms with E-state index in [9.17, 15) is 14.7 Å². The standard InChI is InChI=1S/C11H12N2O3.C11H12N2O2/c12-9(11(15)16)3-6-5-13-10-2-1-7(14)4-8(6)10;12-9(11(14)15)5-7-6-13-10-4-2-1-3-8(7)10/h1-2,4-5,9,13-14H,3,12H2,(H,15,16);1-4,6,9,13H,5,12H2,(H,14,15)/t2*9-/m00/s1. The second-order valence-corrected chi connectivity index (χ2v) is 7.20. The van der Waals surface area contributed by atoms with Crippen molar-refractivity contribution in [3.63, 3.8) is 0 Å². The Morgan fingerprint density at radius 2 is 1.32 bits per heavy atom. The number of carboxylic acids is 2. The number of aliphatic carboxylic acids is 2. The highest BCUT2D eigenvalue weighted by Crippen LogP contribution is 2.23. The molecule has 0 amide bonds. The Morgan fingerprint density at radius 1 is 0.806 bits per heavy atom. The molecule has 31 heavy (non-hydrogen) atoms. The number of carboxylic acid groups (broad SMARTS) is 2. The van der Waals surface area contributed by atoms with Gasteiger partial charge in [0.05, 0.1) is 0 Å². The van der Waals surface area contributed by atoms with E-state index in [0.29, 0.717) is 6.42 Å². The van der Waals surface area contributed by atoms with E-state index in [1.54, 1.807) is 24.4 Å². The predicted molar refractivity (Wildman–Crippen MR) is 117 cm³/mol. The predicted octanol–water partition coefficient (Wildman–Crippen LogP) is 1.95. The molecule has 0 aliphatic heterocycles. The second kappa shape index (κ2) is 9.33. The Hall–Kier alpha value is -3.82. The summed E-state index contributed by atoms with van der Waals surface area (Å²) in [6.07, 6.45) is 4.11. The van der Waals surface area contributed by atoms with Crippen molar-refractivity contribution in [2.24, 2.45) is 11.5 Å². The molecule has 2 atom stereocenters. The fraction of sp³-hybridized carbons (Fsp3) is 0.182. The summed E-state index contributed by atoms with van der Waals surface area (Å²) in [4.78, 5) is 27.4. The van der Waals surface area contributed by atoms with Gasteiger partial charge in [0, 0.05) is 47.0 Å². The second-order valence-electron chi connectivity index (χ2n) is 7.20. The molecule has 2 aromatic heterocycles. The lowest BCUT2D eigenvalue weighted by molar-refractivity contribution is -0.139. The quantitative estimate of drug-likeness (QED) is 0.247. The van der Waals surface area contributed by atoms with Gasteiger partial charge in [-0.3, -0.25) is 9.59 Å². The van der Waals surface area contributed by atoms with Crippen LogP contribution in [0.25, 0.3) is 21.8 Å². The van der Waals surface area contributed by atoms with Gasteiger partial charge in [-0.15, -0.1) is 0 Å². The number of fused-ring (bicyclic) bond motifs is 2. The molecule has 162 valence electrons. The molecule has 9 heteroatoms. The number of aromatic amines is 2. The minimum absolute atomic E-state index is 0.150. The number of phenols is 1. The molecule has 0 radical (unpaired) electrons. The maximum absolute atomic E-state index is 10.6. The van der Waals surface area contributed by atoms with Gasteiger partial charge < -0.3 is 36.8 Å². The van der Waals surface area contributed by atoms with E-state index in [1.807, 2.05) is 30.5 Å². The summed E-state index contributed by atoms with van der Waals surface area (Å²) in [6, 6.07) is 10.9. The van der Waals surface area contributed by atoms with Crippen molar-refractivity contribution in [2.75, 3.05) is 0 Å². The highest BCUT2D eigenvalue weighted by molar-refractivity contribution is 5.86. The van der Waals surface area contributed by atoms with Gasteiger partial charge in [0.25, 0.3) is 0 Å². The summed E-state index contributed by atoms with van der Waals surface area (Å²) in [5.74, 6) is -1.85. The van der Waals surface area contributed by atoms with Gasteiger partial charge >= 0.3 is 11.9 Å². The average molecular weight is 424 g/mol. The van der Waals surface area contributed by atoms with Crippen LogP contribution in [0, 0.1) is 0 Å². The highest BCUT2D eigenvalue weighted by atomic mass is 16.4. The van der Waals surface area contributed by atoms with Crippen molar-refractivity contribution >= 4 is 33.7 Å². The zero-order valence-corrected chi connectivity index (χ0v) is 16.6. The number of H-pyrrole nitrogens is 2. The van der Waals surface area contributed by atoms with Crippen LogP contribution < -0.4 is 11.5 Å². The van der Waals surface area contributed by atoms with E-state index in [1.165, 1.54) is 0 Å². The molecular weight excluding hydrogens is 400 g/mol. The molecule has 4 aromatic rings. The molecular formula is C22H24N4O5. The third-order valence-corrected chi connectivity index (χ3v) is 4.94. The molecule has 0 fully saturated rings. The van der Waals surface area contributed by atoms with Crippen molar-refractivity contribution in [1.82, 2.24) is 9.97 Å². The number of carbonyl (C=O) groups is 2. The first-order valence-electron chi connectivity index (χ1n) is 9.57. The Balaban J connectivity index is 0.000000176.